The van der Waals surface area contributed by atoms with Gasteiger partial charge in [-0.2, -0.15) is 17.0 Å². The lowest BCUT2D eigenvalue weighted by molar-refractivity contribution is -0.143. The van der Waals surface area contributed by atoms with E-state index < -0.39 is 16.2 Å². The Labute approximate surface area is 104 Å². The molecule has 0 aliphatic carbocycles. The molecule has 0 heterocycles. The number of hydrogen-bond donors (Lipinski definition) is 0. The van der Waals surface area contributed by atoms with Gasteiger partial charge >= 0.3 is 5.97 Å². The number of hydrogen-bond acceptors (Lipinski definition) is 4. The lowest BCUT2D eigenvalue weighted by atomic mass is 10.4. The van der Waals surface area contributed by atoms with Gasteiger partial charge in [0.25, 0.3) is 10.2 Å². The van der Waals surface area contributed by atoms with E-state index in [-0.39, 0.29) is 25.7 Å². The normalized spacial score (nSPS) is 12.5. The Morgan fingerprint density at radius 1 is 1.29 bits per heavy atom. The van der Waals surface area contributed by atoms with Crippen molar-refractivity contribution in [2.45, 2.75) is 33.7 Å². The summed E-state index contributed by atoms with van der Waals surface area (Å²) in [7, 11) is -2.10. The lowest BCUT2D eigenvalue weighted by Gasteiger charge is -2.28. The van der Waals surface area contributed by atoms with E-state index in [0.29, 0.717) is 0 Å². The number of esters is 1. The summed E-state index contributed by atoms with van der Waals surface area (Å²) >= 11 is 0. The fourth-order valence-electron chi connectivity index (χ4n) is 1.16. The average Bonchev–Trinajstić information content (AvgIpc) is 2.24. The van der Waals surface area contributed by atoms with E-state index in [0.717, 1.165) is 4.31 Å². The van der Waals surface area contributed by atoms with Crippen LogP contribution in [0.4, 0.5) is 0 Å². The van der Waals surface area contributed by atoms with Gasteiger partial charge in [-0.25, -0.2) is 0 Å². The van der Waals surface area contributed by atoms with Crippen LogP contribution in [0.15, 0.2) is 0 Å². The van der Waals surface area contributed by atoms with Gasteiger partial charge in [-0.05, 0) is 20.8 Å². The number of likely N-dealkylation sites (N-methyl/N-ethyl adjacent to an activating group) is 1. The smallest absolute Gasteiger partial charge is 0.321 e. The largest absolute Gasteiger partial charge is 0.465 e. The fraction of sp³-hybridized carbons (Fsp3) is 0.900. The van der Waals surface area contributed by atoms with Crippen LogP contribution in [0.25, 0.3) is 0 Å². The molecule has 0 N–H and O–H groups in total. The molecule has 0 aromatic carbocycles. The summed E-state index contributed by atoms with van der Waals surface area (Å²) in [5.74, 6) is -0.532. The molecule has 0 bridgehead atoms. The average molecular weight is 266 g/mol. The summed E-state index contributed by atoms with van der Waals surface area (Å²) in [4.78, 5) is 11.3. The van der Waals surface area contributed by atoms with Crippen LogP contribution < -0.4 is 0 Å². The first-order chi connectivity index (χ1) is 7.77. The molecule has 0 saturated heterocycles. The molecule has 0 aromatic heterocycles. The first kappa shape index (κ1) is 16.3. The lowest BCUT2D eigenvalue weighted by Crippen LogP contribution is -2.46. The summed E-state index contributed by atoms with van der Waals surface area (Å²) in [6.07, 6.45) is 0. The van der Waals surface area contributed by atoms with Crippen molar-refractivity contribution in [3.63, 3.8) is 0 Å². The Balaban J connectivity index is 4.81. The summed E-state index contributed by atoms with van der Waals surface area (Å²) in [6.45, 7) is 7.15. The molecule has 0 fully saturated rings. The van der Waals surface area contributed by atoms with Crippen LogP contribution in [0.5, 0.6) is 0 Å². The molecule has 0 aromatic rings. The van der Waals surface area contributed by atoms with Crippen molar-refractivity contribution in [1.82, 2.24) is 8.61 Å². The quantitative estimate of drug-likeness (QED) is 0.628. The molecule has 0 aliphatic rings. The molecule has 0 atom stereocenters. The zero-order chi connectivity index (χ0) is 13.6. The summed E-state index contributed by atoms with van der Waals surface area (Å²) in [5.41, 5.74) is 0. The van der Waals surface area contributed by atoms with E-state index in [1.807, 2.05) is 0 Å². The SMILES string of the molecule is CCOC(=O)CN(CC)S(=O)(=O)N(C)C(C)C. The molecule has 0 spiro atoms. The standard InChI is InChI=1S/C10H22N2O4S/c1-6-12(8-10(13)16-7-2)17(14,15)11(5)9(3)4/h9H,6-8H2,1-5H3. The highest BCUT2D eigenvalue weighted by Gasteiger charge is 2.29. The summed E-state index contributed by atoms with van der Waals surface area (Å²) in [6, 6.07) is -0.156. The molecule has 0 aliphatic heterocycles. The molecule has 6 nitrogen and oxygen atoms in total. The zero-order valence-electron chi connectivity index (χ0n) is 11.1. The molecule has 7 heteroatoms. The van der Waals surface area contributed by atoms with Crippen molar-refractivity contribution < 1.29 is 17.9 Å². The maximum absolute atomic E-state index is 12.1. The van der Waals surface area contributed by atoms with E-state index in [2.05, 4.69) is 0 Å². The Bertz CT molecular complexity index is 340. The van der Waals surface area contributed by atoms with Gasteiger partial charge in [-0.1, -0.05) is 6.92 Å². The zero-order valence-corrected chi connectivity index (χ0v) is 12.0. The summed E-state index contributed by atoms with van der Waals surface area (Å²) < 4.78 is 31.3. The second-order valence-electron chi connectivity index (χ2n) is 3.85. The van der Waals surface area contributed by atoms with Crippen molar-refractivity contribution in [2.24, 2.45) is 0 Å². The van der Waals surface area contributed by atoms with Gasteiger partial charge < -0.3 is 4.74 Å². The van der Waals surface area contributed by atoms with Crippen LogP contribution in [0.3, 0.4) is 0 Å². The molecule has 102 valence electrons. The van der Waals surface area contributed by atoms with Crippen molar-refractivity contribution in [2.75, 3.05) is 26.7 Å². The molecule has 0 saturated carbocycles. The fourth-order valence-corrected chi connectivity index (χ4v) is 2.65. The van der Waals surface area contributed by atoms with Crippen LogP contribution in [0.1, 0.15) is 27.7 Å². The third-order valence-corrected chi connectivity index (χ3v) is 4.57. The van der Waals surface area contributed by atoms with E-state index in [4.69, 9.17) is 4.74 Å². The van der Waals surface area contributed by atoms with Gasteiger partial charge in [-0.3, -0.25) is 4.79 Å². The maximum atomic E-state index is 12.1. The molecule has 0 rings (SSSR count). The number of carbonyl (C=O) groups excluding carboxylic acids is 1. The van der Waals surface area contributed by atoms with E-state index in [1.54, 1.807) is 27.7 Å². The number of carbonyl (C=O) groups is 1. The minimum atomic E-state index is -3.60. The topological polar surface area (TPSA) is 66.9 Å². The second-order valence-corrected chi connectivity index (χ2v) is 5.84. The van der Waals surface area contributed by atoms with Gasteiger partial charge in [0.1, 0.15) is 6.54 Å². The van der Waals surface area contributed by atoms with Crippen molar-refractivity contribution in [1.29, 1.82) is 0 Å². The Kier molecular flexibility index (Phi) is 6.66. The molecular weight excluding hydrogens is 244 g/mol. The number of rotatable bonds is 7. The van der Waals surface area contributed by atoms with E-state index in [1.165, 1.54) is 11.4 Å². The molecular formula is C10H22N2O4S. The Hall–Kier alpha value is -0.660. The van der Waals surface area contributed by atoms with Crippen LogP contribution in [-0.4, -0.2) is 55.8 Å². The Morgan fingerprint density at radius 2 is 1.82 bits per heavy atom. The van der Waals surface area contributed by atoms with Crippen molar-refractivity contribution in [3.8, 4) is 0 Å². The van der Waals surface area contributed by atoms with Crippen molar-refractivity contribution in [3.05, 3.63) is 0 Å². The highest BCUT2D eigenvalue weighted by atomic mass is 32.2. The summed E-state index contributed by atoms with van der Waals surface area (Å²) in [5, 5.41) is 0. The molecule has 0 unspecified atom stereocenters. The van der Waals surface area contributed by atoms with Gasteiger partial charge in [-0.15, -0.1) is 0 Å². The van der Waals surface area contributed by atoms with Gasteiger partial charge in [0.15, 0.2) is 0 Å². The van der Waals surface area contributed by atoms with E-state index >= 15 is 0 Å². The van der Waals surface area contributed by atoms with Gasteiger partial charge in [0.2, 0.25) is 0 Å². The van der Waals surface area contributed by atoms with Crippen LogP contribution in [0.2, 0.25) is 0 Å². The Morgan fingerprint density at radius 3 is 2.18 bits per heavy atom. The second kappa shape index (κ2) is 6.93. The number of ether oxygens (including phenoxy) is 1. The molecule has 0 radical (unpaired) electrons. The molecule has 0 amide bonds. The minimum Gasteiger partial charge on any atom is -0.465 e. The van der Waals surface area contributed by atoms with Crippen LogP contribution >= 0.6 is 0 Å². The van der Waals surface area contributed by atoms with Crippen LogP contribution in [-0.2, 0) is 19.7 Å². The number of nitrogens with zero attached hydrogens (tertiary/aromatic N) is 2. The van der Waals surface area contributed by atoms with Crippen LogP contribution in [0, 0.1) is 0 Å². The molecule has 17 heavy (non-hydrogen) atoms. The third kappa shape index (κ3) is 4.61. The maximum Gasteiger partial charge on any atom is 0.321 e. The predicted molar refractivity (Wildman–Crippen MR) is 65.7 cm³/mol. The van der Waals surface area contributed by atoms with Crippen molar-refractivity contribution >= 4 is 16.2 Å². The highest BCUT2D eigenvalue weighted by Crippen LogP contribution is 2.09. The first-order valence-electron chi connectivity index (χ1n) is 5.66. The highest BCUT2D eigenvalue weighted by molar-refractivity contribution is 7.86. The van der Waals surface area contributed by atoms with Gasteiger partial charge in [0.05, 0.1) is 6.61 Å². The van der Waals surface area contributed by atoms with Gasteiger partial charge in [0, 0.05) is 19.6 Å². The first-order valence-corrected chi connectivity index (χ1v) is 7.05. The third-order valence-electron chi connectivity index (χ3n) is 2.38. The minimum absolute atomic E-state index is 0.156. The van der Waals surface area contributed by atoms with E-state index in [9.17, 15) is 13.2 Å². The predicted octanol–water partition coefficient (Wildman–Crippen LogP) is 0.456. The monoisotopic (exact) mass is 266 g/mol.